The van der Waals surface area contributed by atoms with Gasteiger partial charge in [0.05, 0.1) is 24.6 Å². The largest absolute Gasteiger partial charge is 0.467 e. The van der Waals surface area contributed by atoms with Crippen LogP contribution in [0.3, 0.4) is 0 Å². The first-order chi connectivity index (χ1) is 21.0. The number of aromatic amines is 1. The Balaban J connectivity index is 1.19. The van der Waals surface area contributed by atoms with Gasteiger partial charge in [0, 0.05) is 44.7 Å². The molecule has 43 heavy (non-hydrogen) atoms. The Hall–Kier alpha value is -3.98. The molecule has 0 radical (unpaired) electrons. The number of benzene rings is 3. The van der Waals surface area contributed by atoms with E-state index in [0.717, 1.165) is 33.5 Å². The number of nitrogens with one attached hydrogen (secondary N) is 1. The molecule has 4 heterocycles. The Morgan fingerprint density at radius 2 is 1.79 bits per heavy atom. The summed E-state index contributed by atoms with van der Waals surface area (Å²) in [6.07, 6.45) is 1.64. The van der Waals surface area contributed by atoms with E-state index >= 15 is 0 Å². The molecule has 0 aliphatic carbocycles. The van der Waals surface area contributed by atoms with Crippen molar-refractivity contribution in [3.8, 4) is 11.4 Å². The molecule has 2 unspecified atom stereocenters. The van der Waals surface area contributed by atoms with E-state index < -0.39 is 0 Å². The van der Waals surface area contributed by atoms with Crippen molar-refractivity contribution in [1.82, 2.24) is 24.6 Å². The van der Waals surface area contributed by atoms with E-state index in [1.807, 2.05) is 70.1 Å². The third-order valence-electron chi connectivity index (χ3n) is 8.03. The minimum absolute atomic E-state index is 0.0134. The van der Waals surface area contributed by atoms with Crippen LogP contribution in [0.4, 0.5) is 0 Å². The molecule has 1 aliphatic rings. The first-order valence-electron chi connectivity index (χ1n) is 14.0. The molecule has 0 saturated carbocycles. The zero-order valence-corrected chi connectivity index (χ0v) is 25.5. The van der Waals surface area contributed by atoms with Gasteiger partial charge >= 0.3 is 0 Å². The highest BCUT2D eigenvalue weighted by Crippen LogP contribution is 2.45. The fraction of sp³-hybridized carbons (Fsp3) is 0.182. The van der Waals surface area contributed by atoms with E-state index in [2.05, 4.69) is 46.4 Å². The lowest BCUT2D eigenvalue weighted by atomic mass is 9.83. The summed E-state index contributed by atoms with van der Waals surface area (Å²) in [6.45, 7) is 3.04. The van der Waals surface area contributed by atoms with Gasteiger partial charge in [0.2, 0.25) is 5.91 Å². The summed E-state index contributed by atoms with van der Waals surface area (Å²) in [6, 6.07) is 27.3. The Kier molecular flexibility index (Phi) is 7.51. The smallest absolute Gasteiger partial charge is 0.233 e. The van der Waals surface area contributed by atoms with Crippen LogP contribution >= 0.6 is 35.0 Å². The molecule has 1 aliphatic heterocycles. The van der Waals surface area contributed by atoms with E-state index in [9.17, 15) is 4.79 Å². The molecule has 3 aromatic heterocycles. The number of hydrogen-bond donors (Lipinski definition) is 1. The molecule has 0 fully saturated rings. The van der Waals surface area contributed by atoms with Crippen molar-refractivity contribution in [2.24, 2.45) is 0 Å². The molecule has 0 bridgehead atoms. The number of para-hydroxylation sites is 1. The van der Waals surface area contributed by atoms with Gasteiger partial charge in [0.15, 0.2) is 11.0 Å². The molecule has 7 nitrogen and oxygen atoms in total. The molecule has 2 atom stereocenters. The number of H-pyrrole nitrogens is 1. The van der Waals surface area contributed by atoms with Crippen molar-refractivity contribution >= 4 is 51.8 Å². The number of carbonyl (C=O) groups is 1. The first kappa shape index (κ1) is 27.8. The second-order valence-electron chi connectivity index (χ2n) is 10.6. The molecular formula is C33H27Cl2N5O2S. The van der Waals surface area contributed by atoms with Gasteiger partial charge in [-0.2, -0.15) is 0 Å². The van der Waals surface area contributed by atoms with Crippen LogP contribution in [0, 0.1) is 0 Å². The number of nitrogens with zero attached hydrogens (tertiary/aromatic N) is 4. The maximum Gasteiger partial charge on any atom is 0.233 e. The Labute approximate surface area is 262 Å². The first-order valence-corrected chi connectivity index (χ1v) is 15.7. The predicted octanol–water partition coefficient (Wildman–Crippen LogP) is 8.20. The summed E-state index contributed by atoms with van der Waals surface area (Å²) in [7, 11) is 0. The Morgan fingerprint density at radius 1 is 1.00 bits per heavy atom. The monoisotopic (exact) mass is 627 g/mol. The average Bonchev–Trinajstić information content (AvgIpc) is 3.77. The summed E-state index contributed by atoms with van der Waals surface area (Å²) in [4.78, 5) is 19.5. The van der Waals surface area contributed by atoms with Crippen molar-refractivity contribution in [3.63, 3.8) is 0 Å². The van der Waals surface area contributed by atoms with Gasteiger partial charge in [-0.25, -0.2) is 0 Å². The van der Waals surface area contributed by atoms with E-state index in [1.165, 1.54) is 17.3 Å². The molecule has 0 saturated heterocycles. The lowest BCUT2D eigenvalue weighted by molar-refractivity contribution is -0.131. The molecule has 1 amide bonds. The van der Waals surface area contributed by atoms with Gasteiger partial charge in [-0.15, -0.1) is 10.2 Å². The van der Waals surface area contributed by atoms with Crippen LogP contribution in [0.5, 0.6) is 0 Å². The van der Waals surface area contributed by atoms with Crippen molar-refractivity contribution in [1.29, 1.82) is 0 Å². The summed E-state index contributed by atoms with van der Waals surface area (Å²) in [5, 5.41) is 12.1. The van der Waals surface area contributed by atoms with Gasteiger partial charge in [0.1, 0.15) is 5.76 Å². The van der Waals surface area contributed by atoms with Gasteiger partial charge in [-0.1, -0.05) is 71.4 Å². The van der Waals surface area contributed by atoms with Gasteiger partial charge < -0.3 is 14.3 Å². The fourth-order valence-electron chi connectivity index (χ4n) is 5.94. The van der Waals surface area contributed by atoms with E-state index in [4.69, 9.17) is 27.6 Å². The Morgan fingerprint density at radius 3 is 2.58 bits per heavy atom. The van der Waals surface area contributed by atoms with Gasteiger partial charge in [-0.3, -0.25) is 9.36 Å². The van der Waals surface area contributed by atoms with Gasteiger partial charge in [0.25, 0.3) is 0 Å². The number of fused-ring (bicyclic) bond motifs is 3. The van der Waals surface area contributed by atoms with Crippen molar-refractivity contribution < 1.29 is 9.21 Å². The number of amides is 1. The maximum absolute atomic E-state index is 14.0. The quantitative estimate of drug-likeness (QED) is 0.180. The fourth-order valence-corrected chi connectivity index (χ4v) is 7.16. The molecule has 6 aromatic rings. The van der Waals surface area contributed by atoms with Gasteiger partial charge in [-0.05, 0) is 66.6 Å². The third kappa shape index (κ3) is 5.24. The van der Waals surface area contributed by atoms with E-state index in [1.54, 1.807) is 6.26 Å². The highest BCUT2D eigenvalue weighted by molar-refractivity contribution is 7.99. The standard InChI is InChI=1S/C33H27Cl2N5O2S/c1-20-31-30(25-9-3-5-11-28(25)36-31)26(24-8-2-4-10-27(24)35)18-39(20)29(41)19-43-33-38-37-32(21-12-14-22(34)15-13-21)40(33)17-23-7-6-16-42-23/h2-16,20,26,36H,17-19H2,1H3. The molecular weight excluding hydrogens is 601 g/mol. The second-order valence-corrected chi connectivity index (χ2v) is 12.3. The van der Waals surface area contributed by atoms with Crippen molar-refractivity contribution in [3.05, 3.63) is 124 Å². The molecule has 3 aromatic carbocycles. The molecule has 216 valence electrons. The minimum Gasteiger partial charge on any atom is -0.467 e. The molecule has 7 rings (SSSR count). The van der Waals surface area contributed by atoms with Crippen LogP contribution in [0.15, 0.2) is 101 Å². The molecule has 0 spiro atoms. The minimum atomic E-state index is -0.139. The summed E-state index contributed by atoms with van der Waals surface area (Å²) in [5.41, 5.74) is 5.19. The summed E-state index contributed by atoms with van der Waals surface area (Å²) >= 11 is 14.2. The molecule has 1 N–H and O–H groups in total. The Bertz CT molecular complexity index is 1920. The highest BCUT2D eigenvalue weighted by atomic mass is 35.5. The van der Waals surface area contributed by atoms with Crippen LogP contribution < -0.4 is 0 Å². The van der Waals surface area contributed by atoms with Crippen LogP contribution in [0.1, 0.15) is 41.5 Å². The van der Waals surface area contributed by atoms with E-state index in [-0.39, 0.29) is 23.6 Å². The van der Waals surface area contributed by atoms with Crippen LogP contribution in [0.2, 0.25) is 10.0 Å². The predicted molar refractivity (Wildman–Crippen MR) is 171 cm³/mol. The highest BCUT2D eigenvalue weighted by Gasteiger charge is 2.37. The van der Waals surface area contributed by atoms with Crippen molar-refractivity contribution in [2.45, 2.75) is 30.6 Å². The number of carbonyl (C=O) groups excluding carboxylic acids is 1. The number of hydrogen-bond acceptors (Lipinski definition) is 5. The zero-order chi connectivity index (χ0) is 29.5. The van der Waals surface area contributed by atoms with E-state index in [0.29, 0.717) is 34.1 Å². The normalized spacial score (nSPS) is 16.5. The topological polar surface area (TPSA) is 80.0 Å². The maximum atomic E-state index is 14.0. The lowest BCUT2D eigenvalue weighted by Crippen LogP contribution is -2.42. The number of aromatic nitrogens is 4. The third-order valence-corrected chi connectivity index (χ3v) is 9.58. The van der Waals surface area contributed by atoms with Crippen LogP contribution in [0.25, 0.3) is 22.3 Å². The number of thioether (sulfide) groups is 1. The van der Waals surface area contributed by atoms with Crippen LogP contribution in [-0.2, 0) is 11.3 Å². The molecule has 10 heteroatoms. The summed E-state index contributed by atoms with van der Waals surface area (Å²) in [5.74, 6) is 1.59. The van der Waals surface area contributed by atoms with Crippen LogP contribution in [-0.4, -0.2) is 42.9 Å². The number of rotatable bonds is 7. The summed E-state index contributed by atoms with van der Waals surface area (Å²) < 4.78 is 7.61. The van der Waals surface area contributed by atoms with Crippen molar-refractivity contribution in [2.75, 3.05) is 12.3 Å². The number of halogens is 2. The zero-order valence-electron chi connectivity index (χ0n) is 23.2. The average molecular weight is 629 g/mol. The second kappa shape index (κ2) is 11.6. The number of furan rings is 1. The lowest BCUT2D eigenvalue weighted by Gasteiger charge is -2.38. The SMILES string of the molecule is CC1c2[nH]c3ccccc3c2C(c2ccccc2Cl)CN1C(=O)CSc1nnc(-c2ccc(Cl)cc2)n1Cc1ccco1.